The Morgan fingerprint density at radius 3 is 2.78 bits per heavy atom. The van der Waals surface area contributed by atoms with E-state index in [9.17, 15) is 4.79 Å². The number of fused-ring (bicyclic) bond motifs is 1. The third kappa shape index (κ3) is 4.11. The van der Waals surface area contributed by atoms with E-state index in [2.05, 4.69) is 21.8 Å². The number of benzene rings is 2. The van der Waals surface area contributed by atoms with Crippen LogP contribution in [0.15, 0.2) is 67.0 Å². The summed E-state index contributed by atoms with van der Waals surface area (Å²) >= 11 is 0. The summed E-state index contributed by atoms with van der Waals surface area (Å²) in [6, 6.07) is 17.6. The van der Waals surface area contributed by atoms with Gasteiger partial charge in [-0.15, -0.1) is 0 Å². The molecule has 0 aliphatic carbocycles. The van der Waals surface area contributed by atoms with Crippen molar-refractivity contribution >= 4 is 6.03 Å². The minimum Gasteiger partial charge on any atom is -0.493 e. The Bertz CT molecular complexity index is 908. The number of hydrogen-bond acceptors (Lipinski definition) is 3. The summed E-state index contributed by atoms with van der Waals surface area (Å²) < 4.78 is 7.52. The molecule has 1 atom stereocenters. The summed E-state index contributed by atoms with van der Waals surface area (Å²) in [5.74, 6) is 0.846. The number of para-hydroxylation sites is 1. The van der Waals surface area contributed by atoms with Crippen LogP contribution in [0, 0.1) is 0 Å². The Labute approximate surface area is 158 Å². The highest BCUT2D eigenvalue weighted by Crippen LogP contribution is 2.31. The van der Waals surface area contributed by atoms with Crippen LogP contribution in [0.4, 0.5) is 4.79 Å². The average molecular weight is 362 g/mol. The van der Waals surface area contributed by atoms with Crippen LogP contribution in [0.2, 0.25) is 0 Å². The molecule has 6 heteroatoms. The van der Waals surface area contributed by atoms with Gasteiger partial charge in [-0.25, -0.2) is 4.79 Å². The number of nitrogens with zero attached hydrogens (tertiary/aromatic N) is 2. The maximum Gasteiger partial charge on any atom is 0.315 e. The van der Waals surface area contributed by atoms with Gasteiger partial charge < -0.3 is 15.4 Å². The molecule has 0 unspecified atom stereocenters. The normalized spacial score (nSPS) is 15.5. The molecule has 0 spiro atoms. The SMILES string of the molecule is O=C(NCc1ccccc1Cn1cccn1)N[C@@H]1CCOc2ccccc21. The Morgan fingerprint density at radius 1 is 1.11 bits per heavy atom. The van der Waals surface area contributed by atoms with E-state index in [-0.39, 0.29) is 12.1 Å². The van der Waals surface area contributed by atoms with Gasteiger partial charge in [0.05, 0.1) is 19.2 Å². The molecule has 1 aliphatic rings. The van der Waals surface area contributed by atoms with E-state index in [0.29, 0.717) is 19.7 Å². The van der Waals surface area contributed by atoms with Crippen LogP contribution < -0.4 is 15.4 Å². The molecule has 0 bridgehead atoms. The largest absolute Gasteiger partial charge is 0.493 e. The standard InChI is InChI=1S/C21H22N4O2/c26-21(24-19-10-13-27-20-9-4-3-8-18(19)20)22-14-16-6-1-2-7-17(16)15-25-12-5-11-23-25/h1-9,11-12,19H,10,13-15H2,(H2,22,24,26)/t19-/m1/s1. The topological polar surface area (TPSA) is 68.2 Å². The van der Waals surface area contributed by atoms with Gasteiger partial charge in [-0.1, -0.05) is 42.5 Å². The van der Waals surface area contributed by atoms with E-state index in [4.69, 9.17) is 4.74 Å². The second-order valence-electron chi connectivity index (χ2n) is 6.53. The van der Waals surface area contributed by atoms with E-state index < -0.39 is 0 Å². The summed E-state index contributed by atoms with van der Waals surface area (Å²) in [5.41, 5.74) is 3.24. The molecule has 3 aromatic rings. The quantitative estimate of drug-likeness (QED) is 0.732. The van der Waals surface area contributed by atoms with Gasteiger partial charge in [-0.2, -0.15) is 5.10 Å². The molecule has 2 amide bonds. The first-order valence-electron chi connectivity index (χ1n) is 9.10. The number of hydrogen-bond donors (Lipinski definition) is 2. The monoisotopic (exact) mass is 362 g/mol. The molecule has 138 valence electrons. The summed E-state index contributed by atoms with van der Waals surface area (Å²) in [4.78, 5) is 12.4. The first kappa shape index (κ1) is 17.1. The number of ether oxygens (including phenoxy) is 1. The highest BCUT2D eigenvalue weighted by atomic mass is 16.5. The van der Waals surface area contributed by atoms with Crippen LogP contribution in [0.1, 0.15) is 29.2 Å². The van der Waals surface area contributed by atoms with Crippen molar-refractivity contribution in [2.24, 2.45) is 0 Å². The van der Waals surface area contributed by atoms with Crippen molar-refractivity contribution < 1.29 is 9.53 Å². The zero-order valence-electron chi connectivity index (χ0n) is 15.0. The van der Waals surface area contributed by atoms with Gasteiger partial charge in [0.2, 0.25) is 0 Å². The number of nitrogens with one attached hydrogen (secondary N) is 2. The van der Waals surface area contributed by atoms with Crippen molar-refractivity contribution in [1.29, 1.82) is 0 Å². The summed E-state index contributed by atoms with van der Waals surface area (Å²) in [7, 11) is 0. The fourth-order valence-corrected chi connectivity index (χ4v) is 3.33. The lowest BCUT2D eigenvalue weighted by molar-refractivity contribution is 0.223. The first-order valence-corrected chi connectivity index (χ1v) is 9.10. The van der Waals surface area contributed by atoms with Gasteiger partial charge in [0.25, 0.3) is 0 Å². The Morgan fingerprint density at radius 2 is 1.93 bits per heavy atom. The highest BCUT2D eigenvalue weighted by molar-refractivity contribution is 5.74. The van der Waals surface area contributed by atoms with Crippen LogP contribution in [0.25, 0.3) is 0 Å². The number of amides is 2. The van der Waals surface area contributed by atoms with E-state index in [1.807, 2.05) is 59.4 Å². The van der Waals surface area contributed by atoms with Gasteiger partial charge in [0.15, 0.2) is 0 Å². The third-order valence-electron chi connectivity index (χ3n) is 4.71. The minimum absolute atomic E-state index is 0.0331. The van der Waals surface area contributed by atoms with Crippen LogP contribution in [-0.4, -0.2) is 22.4 Å². The van der Waals surface area contributed by atoms with Crippen LogP contribution in [0.5, 0.6) is 5.75 Å². The molecule has 0 saturated heterocycles. The number of carbonyl (C=O) groups is 1. The van der Waals surface area contributed by atoms with Crippen molar-refractivity contribution in [3.05, 3.63) is 83.7 Å². The molecule has 2 aromatic carbocycles. The summed E-state index contributed by atoms with van der Waals surface area (Å²) in [6.45, 7) is 1.75. The molecule has 0 fully saturated rings. The molecule has 0 radical (unpaired) electrons. The van der Waals surface area contributed by atoms with Crippen molar-refractivity contribution in [3.63, 3.8) is 0 Å². The van der Waals surface area contributed by atoms with Gasteiger partial charge in [0.1, 0.15) is 5.75 Å². The lowest BCUT2D eigenvalue weighted by Crippen LogP contribution is -2.39. The Hall–Kier alpha value is -3.28. The molecule has 2 N–H and O–H groups in total. The van der Waals surface area contributed by atoms with Crippen molar-refractivity contribution in [1.82, 2.24) is 20.4 Å². The second kappa shape index (κ2) is 7.95. The highest BCUT2D eigenvalue weighted by Gasteiger charge is 2.22. The Balaban J connectivity index is 1.38. The average Bonchev–Trinajstić information content (AvgIpc) is 3.21. The third-order valence-corrected chi connectivity index (χ3v) is 4.71. The number of aromatic nitrogens is 2. The zero-order valence-corrected chi connectivity index (χ0v) is 15.0. The van der Waals surface area contributed by atoms with Crippen molar-refractivity contribution in [2.75, 3.05) is 6.61 Å². The van der Waals surface area contributed by atoms with Crippen LogP contribution in [0.3, 0.4) is 0 Å². The van der Waals surface area contributed by atoms with E-state index in [1.54, 1.807) is 6.20 Å². The van der Waals surface area contributed by atoms with Crippen LogP contribution >= 0.6 is 0 Å². The molecular formula is C21H22N4O2. The predicted octanol–water partition coefficient (Wildman–Crippen LogP) is 3.25. The number of urea groups is 1. The first-order chi connectivity index (χ1) is 13.3. The van der Waals surface area contributed by atoms with Crippen molar-refractivity contribution in [3.8, 4) is 5.75 Å². The fraction of sp³-hybridized carbons (Fsp3) is 0.238. The zero-order chi connectivity index (χ0) is 18.5. The van der Waals surface area contributed by atoms with Gasteiger partial charge in [0, 0.05) is 30.9 Å². The number of rotatable bonds is 5. The van der Waals surface area contributed by atoms with Gasteiger partial charge in [-0.05, 0) is 23.3 Å². The molecule has 2 heterocycles. The number of carbonyl (C=O) groups excluding carboxylic acids is 1. The minimum atomic E-state index is -0.175. The molecule has 4 rings (SSSR count). The van der Waals surface area contributed by atoms with E-state index in [0.717, 1.165) is 28.9 Å². The van der Waals surface area contributed by atoms with E-state index in [1.165, 1.54) is 0 Å². The maximum atomic E-state index is 12.4. The molecular weight excluding hydrogens is 340 g/mol. The molecule has 1 aromatic heterocycles. The smallest absolute Gasteiger partial charge is 0.315 e. The summed E-state index contributed by atoms with van der Waals surface area (Å²) in [5, 5.41) is 10.3. The molecule has 27 heavy (non-hydrogen) atoms. The lowest BCUT2D eigenvalue weighted by atomic mass is 10.0. The second-order valence-corrected chi connectivity index (χ2v) is 6.53. The lowest BCUT2D eigenvalue weighted by Gasteiger charge is -2.26. The predicted molar refractivity (Wildman–Crippen MR) is 102 cm³/mol. The Kier molecular flexibility index (Phi) is 5.05. The molecule has 6 nitrogen and oxygen atoms in total. The molecule has 1 aliphatic heterocycles. The summed E-state index contributed by atoms with van der Waals surface area (Å²) in [6.07, 6.45) is 4.46. The van der Waals surface area contributed by atoms with Gasteiger partial charge >= 0.3 is 6.03 Å². The van der Waals surface area contributed by atoms with E-state index >= 15 is 0 Å². The maximum absolute atomic E-state index is 12.4. The van der Waals surface area contributed by atoms with Crippen molar-refractivity contribution in [2.45, 2.75) is 25.6 Å². The molecule has 0 saturated carbocycles. The fourth-order valence-electron chi connectivity index (χ4n) is 3.33. The van der Waals surface area contributed by atoms with Gasteiger partial charge in [-0.3, -0.25) is 4.68 Å². The van der Waals surface area contributed by atoms with Crippen LogP contribution in [-0.2, 0) is 13.1 Å².